The van der Waals surface area contributed by atoms with Gasteiger partial charge in [0.15, 0.2) is 0 Å². The van der Waals surface area contributed by atoms with Crippen LogP contribution in [0.25, 0.3) is 11.1 Å². The Morgan fingerprint density at radius 1 is 1.00 bits per heavy atom. The minimum Gasteiger partial charge on any atom is -0.488 e. The summed E-state index contributed by atoms with van der Waals surface area (Å²) in [5, 5.41) is 4.05. The third kappa shape index (κ3) is 4.02. The maximum atomic E-state index is 12.5. The Morgan fingerprint density at radius 2 is 1.79 bits per heavy atom. The van der Waals surface area contributed by atoms with E-state index in [4.69, 9.17) is 16.3 Å². The molecule has 7 heteroatoms. The van der Waals surface area contributed by atoms with Crippen molar-refractivity contribution in [1.29, 1.82) is 0 Å². The van der Waals surface area contributed by atoms with Gasteiger partial charge in [-0.15, -0.1) is 13.2 Å². The maximum Gasteiger partial charge on any atom is 0.573 e. The number of ether oxygens (including phenoxy) is 2. The lowest BCUT2D eigenvalue weighted by molar-refractivity contribution is -0.274. The number of para-hydroxylation sites is 1. The predicted octanol–water partition coefficient (Wildman–Crippen LogP) is 6.45. The van der Waals surface area contributed by atoms with Gasteiger partial charge in [-0.25, -0.2) is 0 Å². The fraction of sp³-hybridized carbons (Fsp3) is 0.143. The van der Waals surface area contributed by atoms with Gasteiger partial charge in [0.2, 0.25) is 0 Å². The zero-order valence-corrected chi connectivity index (χ0v) is 15.2. The zero-order valence-electron chi connectivity index (χ0n) is 14.5. The molecular formula is C21H15ClF3NO2. The maximum absolute atomic E-state index is 12.5. The van der Waals surface area contributed by atoms with Gasteiger partial charge < -0.3 is 14.8 Å². The van der Waals surface area contributed by atoms with Crippen molar-refractivity contribution >= 4 is 17.3 Å². The second kappa shape index (κ2) is 7.28. The van der Waals surface area contributed by atoms with Gasteiger partial charge in [-0.2, -0.15) is 0 Å². The van der Waals surface area contributed by atoms with Crippen molar-refractivity contribution in [2.75, 3.05) is 11.9 Å². The molecule has 0 aliphatic carbocycles. The molecule has 3 aromatic rings. The average molecular weight is 406 g/mol. The highest BCUT2D eigenvalue weighted by Crippen LogP contribution is 2.42. The van der Waals surface area contributed by atoms with Crippen molar-refractivity contribution in [1.82, 2.24) is 0 Å². The minimum atomic E-state index is -4.74. The average Bonchev–Trinajstić information content (AvgIpc) is 2.66. The smallest absolute Gasteiger partial charge is 0.488 e. The predicted molar refractivity (Wildman–Crippen MR) is 102 cm³/mol. The van der Waals surface area contributed by atoms with Crippen LogP contribution in [-0.2, 0) is 0 Å². The van der Waals surface area contributed by atoms with Gasteiger partial charge in [0.05, 0.1) is 11.7 Å². The van der Waals surface area contributed by atoms with Crippen molar-refractivity contribution < 1.29 is 22.6 Å². The molecule has 0 spiro atoms. The van der Waals surface area contributed by atoms with Crippen LogP contribution in [0.3, 0.4) is 0 Å². The molecular weight excluding hydrogens is 391 g/mol. The normalized spacial score (nSPS) is 15.9. The Bertz CT molecular complexity index is 1010. The molecule has 0 fully saturated rings. The number of benzene rings is 3. The molecule has 1 atom stereocenters. The molecule has 144 valence electrons. The molecule has 0 bridgehead atoms. The van der Waals surface area contributed by atoms with E-state index in [-0.39, 0.29) is 11.8 Å². The van der Waals surface area contributed by atoms with Crippen LogP contribution in [0.15, 0.2) is 66.7 Å². The summed E-state index contributed by atoms with van der Waals surface area (Å²) in [6, 6.07) is 18.7. The van der Waals surface area contributed by atoms with Crippen LogP contribution in [-0.4, -0.2) is 13.0 Å². The quantitative estimate of drug-likeness (QED) is 0.543. The Kier molecular flexibility index (Phi) is 4.81. The van der Waals surface area contributed by atoms with Crippen molar-refractivity contribution in [3.05, 3.63) is 77.3 Å². The first-order chi connectivity index (χ1) is 13.4. The number of halogens is 4. The van der Waals surface area contributed by atoms with Crippen molar-refractivity contribution in [2.45, 2.75) is 12.4 Å². The Morgan fingerprint density at radius 3 is 2.57 bits per heavy atom. The molecule has 1 aliphatic rings. The van der Waals surface area contributed by atoms with Gasteiger partial charge >= 0.3 is 6.36 Å². The third-order valence-corrected chi connectivity index (χ3v) is 4.60. The van der Waals surface area contributed by atoms with E-state index >= 15 is 0 Å². The van der Waals surface area contributed by atoms with E-state index in [2.05, 4.69) is 10.1 Å². The van der Waals surface area contributed by atoms with E-state index in [1.54, 1.807) is 18.2 Å². The highest BCUT2D eigenvalue weighted by molar-refractivity contribution is 6.30. The van der Waals surface area contributed by atoms with Crippen LogP contribution in [0.1, 0.15) is 11.6 Å². The first-order valence-electron chi connectivity index (χ1n) is 8.53. The van der Waals surface area contributed by atoms with Crippen molar-refractivity contribution in [3.8, 4) is 22.6 Å². The van der Waals surface area contributed by atoms with Crippen LogP contribution in [0.5, 0.6) is 11.5 Å². The van der Waals surface area contributed by atoms with Gasteiger partial charge in [0.25, 0.3) is 0 Å². The van der Waals surface area contributed by atoms with E-state index in [1.807, 2.05) is 30.3 Å². The fourth-order valence-electron chi connectivity index (χ4n) is 3.19. The second-order valence-corrected chi connectivity index (χ2v) is 6.76. The molecule has 4 rings (SSSR count). The van der Waals surface area contributed by atoms with Gasteiger partial charge in [-0.05, 0) is 41.5 Å². The fourth-order valence-corrected chi connectivity index (χ4v) is 3.39. The molecule has 3 aromatic carbocycles. The number of fused-ring (bicyclic) bond motifs is 1. The van der Waals surface area contributed by atoms with Crippen LogP contribution in [0, 0.1) is 0 Å². The van der Waals surface area contributed by atoms with Crippen LogP contribution in [0.2, 0.25) is 5.02 Å². The molecule has 1 aliphatic heterocycles. The summed E-state index contributed by atoms with van der Waals surface area (Å²) in [5.41, 5.74) is 3.00. The molecule has 0 aromatic heterocycles. The van der Waals surface area contributed by atoms with E-state index < -0.39 is 6.36 Å². The molecule has 1 N–H and O–H groups in total. The van der Waals surface area contributed by atoms with Gasteiger partial charge in [-0.1, -0.05) is 48.0 Å². The topological polar surface area (TPSA) is 30.5 Å². The lowest BCUT2D eigenvalue weighted by atomic mass is 10.0. The van der Waals surface area contributed by atoms with Crippen LogP contribution in [0.4, 0.5) is 18.9 Å². The number of anilines is 1. The number of rotatable bonds is 3. The van der Waals surface area contributed by atoms with Gasteiger partial charge in [0.1, 0.15) is 18.1 Å². The molecule has 28 heavy (non-hydrogen) atoms. The molecule has 0 saturated carbocycles. The van der Waals surface area contributed by atoms with Gasteiger partial charge in [-0.3, -0.25) is 0 Å². The number of hydrogen-bond acceptors (Lipinski definition) is 3. The molecule has 0 amide bonds. The van der Waals surface area contributed by atoms with E-state index in [0.717, 1.165) is 11.3 Å². The highest BCUT2D eigenvalue weighted by atomic mass is 35.5. The monoisotopic (exact) mass is 405 g/mol. The van der Waals surface area contributed by atoms with Gasteiger partial charge in [0, 0.05) is 10.6 Å². The Labute approximate surface area is 164 Å². The Balaban J connectivity index is 1.64. The SMILES string of the molecule is FC(F)(F)Oc1cccc(-c2cccc3c2OCC(c2cccc(Cl)c2)N3)c1. The van der Waals surface area contributed by atoms with Crippen LogP contribution >= 0.6 is 11.6 Å². The van der Waals surface area contributed by atoms with Crippen molar-refractivity contribution in [3.63, 3.8) is 0 Å². The summed E-state index contributed by atoms with van der Waals surface area (Å²) in [7, 11) is 0. The summed E-state index contributed by atoms with van der Waals surface area (Å²) in [6.45, 7) is 0.364. The first-order valence-corrected chi connectivity index (χ1v) is 8.91. The molecule has 1 unspecified atom stereocenters. The van der Waals surface area contributed by atoms with E-state index in [9.17, 15) is 13.2 Å². The summed E-state index contributed by atoms with van der Waals surface area (Å²) >= 11 is 6.07. The zero-order chi connectivity index (χ0) is 19.7. The Hall–Kier alpha value is -2.86. The number of alkyl halides is 3. The summed E-state index contributed by atoms with van der Waals surface area (Å²) in [6.07, 6.45) is -4.74. The lowest BCUT2D eigenvalue weighted by Gasteiger charge is -2.29. The summed E-state index contributed by atoms with van der Waals surface area (Å²) < 4.78 is 47.6. The number of hydrogen-bond donors (Lipinski definition) is 1. The first kappa shape index (κ1) is 18.5. The summed E-state index contributed by atoms with van der Waals surface area (Å²) in [5.74, 6) is 0.313. The summed E-state index contributed by atoms with van der Waals surface area (Å²) in [4.78, 5) is 0. The molecule has 0 radical (unpaired) electrons. The third-order valence-electron chi connectivity index (χ3n) is 4.37. The molecule has 1 heterocycles. The second-order valence-electron chi connectivity index (χ2n) is 6.32. The number of nitrogens with one attached hydrogen (secondary N) is 1. The molecule has 0 saturated heterocycles. The van der Waals surface area contributed by atoms with E-state index in [1.165, 1.54) is 18.2 Å². The molecule has 3 nitrogen and oxygen atoms in total. The van der Waals surface area contributed by atoms with Crippen LogP contribution < -0.4 is 14.8 Å². The minimum absolute atomic E-state index is 0.0821. The lowest BCUT2D eigenvalue weighted by Crippen LogP contribution is -2.24. The standard InChI is InChI=1S/C21H15ClF3NO2/c22-15-6-1-5-14(10-15)19-12-27-20-17(8-3-9-18(20)26-19)13-4-2-7-16(11-13)28-21(23,24)25/h1-11,19,26H,12H2. The van der Waals surface area contributed by atoms with E-state index in [0.29, 0.717) is 28.5 Å². The largest absolute Gasteiger partial charge is 0.573 e. The highest BCUT2D eigenvalue weighted by Gasteiger charge is 2.31. The van der Waals surface area contributed by atoms with Crippen molar-refractivity contribution in [2.24, 2.45) is 0 Å².